The van der Waals surface area contributed by atoms with Gasteiger partial charge in [0.1, 0.15) is 5.52 Å². The van der Waals surface area contributed by atoms with Gasteiger partial charge in [-0.2, -0.15) is 5.10 Å². The standard InChI is InChI=1S/C13H13F2N5/c1-8(7-19-6-2-5-17-19)20-12-10(18-13(20)16)4-3-9(14)11(12)15/h2-6,8H,7H2,1H3,(H2,16,18). The largest absolute Gasteiger partial charge is 0.369 e. The molecule has 0 saturated heterocycles. The number of aromatic nitrogens is 4. The summed E-state index contributed by atoms with van der Waals surface area (Å²) >= 11 is 0. The van der Waals surface area contributed by atoms with Crippen LogP contribution in [0.5, 0.6) is 0 Å². The minimum absolute atomic E-state index is 0.0853. The maximum atomic E-state index is 14.0. The SMILES string of the molecule is CC(Cn1cccn1)n1c(N)nc2ccc(F)c(F)c21. The third-order valence-corrected chi connectivity index (χ3v) is 3.22. The van der Waals surface area contributed by atoms with E-state index >= 15 is 0 Å². The Morgan fingerprint density at radius 2 is 2.15 bits per heavy atom. The average molecular weight is 277 g/mol. The van der Waals surface area contributed by atoms with Crippen molar-refractivity contribution in [2.75, 3.05) is 5.73 Å². The second-order valence-corrected chi connectivity index (χ2v) is 4.65. The molecule has 2 aromatic heterocycles. The summed E-state index contributed by atoms with van der Waals surface area (Å²) in [5.41, 5.74) is 6.26. The highest BCUT2D eigenvalue weighted by molar-refractivity contribution is 5.79. The lowest BCUT2D eigenvalue weighted by Gasteiger charge is -2.16. The van der Waals surface area contributed by atoms with E-state index in [1.807, 2.05) is 6.92 Å². The van der Waals surface area contributed by atoms with E-state index in [2.05, 4.69) is 10.1 Å². The van der Waals surface area contributed by atoms with Crippen LogP contribution >= 0.6 is 0 Å². The van der Waals surface area contributed by atoms with Gasteiger partial charge < -0.3 is 10.3 Å². The van der Waals surface area contributed by atoms with Gasteiger partial charge in [0.25, 0.3) is 0 Å². The number of nitrogens with two attached hydrogens (primary N) is 1. The van der Waals surface area contributed by atoms with E-state index in [0.29, 0.717) is 12.1 Å². The molecule has 0 aliphatic heterocycles. The van der Waals surface area contributed by atoms with Crippen molar-refractivity contribution in [1.29, 1.82) is 0 Å². The Morgan fingerprint density at radius 3 is 2.85 bits per heavy atom. The van der Waals surface area contributed by atoms with Gasteiger partial charge in [-0.3, -0.25) is 4.68 Å². The zero-order chi connectivity index (χ0) is 14.3. The summed E-state index contributed by atoms with van der Waals surface area (Å²) in [5, 5.41) is 4.09. The molecule has 1 atom stereocenters. The molecule has 0 radical (unpaired) electrons. The van der Waals surface area contributed by atoms with Crippen LogP contribution in [0, 0.1) is 11.6 Å². The van der Waals surface area contributed by atoms with Gasteiger partial charge in [-0.05, 0) is 25.1 Å². The summed E-state index contributed by atoms with van der Waals surface area (Å²) in [4.78, 5) is 4.07. The summed E-state index contributed by atoms with van der Waals surface area (Å²) < 4.78 is 30.6. The molecule has 2 N–H and O–H groups in total. The van der Waals surface area contributed by atoms with Gasteiger partial charge in [0.05, 0.1) is 18.1 Å². The normalized spacial score (nSPS) is 12.9. The molecular weight excluding hydrogens is 264 g/mol. The summed E-state index contributed by atoms with van der Waals surface area (Å²) in [6, 6.07) is 4.05. The molecule has 0 bridgehead atoms. The number of anilines is 1. The van der Waals surface area contributed by atoms with Crippen molar-refractivity contribution in [3.63, 3.8) is 0 Å². The summed E-state index contributed by atoms with van der Waals surface area (Å²) in [6.07, 6.45) is 3.45. The fourth-order valence-corrected chi connectivity index (χ4v) is 2.35. The highest BCUT2D eigenvalue weighted by Gasteiger charge is 2.19. The molecule has 5 nitrogen and oxygen atoms in total. The number of nitrogen functional groups attached to an aromatic ring is 1. The monoisotopic (exact) mass is 277 g/mol. The molecule has 0 spiro atoms. The Kier molecular flexibility index (Phi) is 2.89. The van der Waals surface area contributed by atoms with Gasteiger partial charge in [-0.15, -0.1) is 0 Å². The highest BCUT2D eigenvalue weighted by Crippen LogP contribution is 2.27. The van der Waals surface area contributed by atoms with Crippen LogP contribution in [0.3, 0.4) is 0 Å². The van der Waals surface area contributed by atoms with Crippen LogP contribution in [0.4, 0.5) is 14.7 Å². The van der Waals surface area contributed by atoms with Gasteiger partial charge in [-0.25, -0.2) is 13.8 Å². The van der Waals surface area contributed by atoms with E-state index in [9.17, 15) is 8.78 Å². The van der Waals surface area contributed by atoms with Crippen LogP contribution in [-0.2, 0) is 6.54 Å². The summed E-state index contributed by atoms with van der Waals surface area (Å²) in [5.74, 6) is -1.69. The number of hydrogen-bond donors (Lipinski definition) is 1. The number of hydrogen-bond acceptors (Lipinski definition) is 3. The predicted octanol–water partition coefficient (Wildman–Crippen LogP) is 2.35. The first-order chi connectivity index (χ1) is 9.58. The molecule has 1 unspecified atom stereocenters. The minimum Gasteiger partial charge on any atom is -0.369 e. The number of nitrogens with zero attached hydrogens (tertiary/aromatic N) is 4. The van der Waals surface area contributed by atoms with Crippen LogP contribution in [0.2, 0.25) is 0 Å². The smallest absolute Gasteiger partial charge is 0.201 e. The lowest BCUT2D eigenvalue weighted by molar-refractivity contribution is 0.442. The second-order valence-electron chi connectivity index (χ2n) is 4.65. The Morgan fingerprint density at radius 1 is 1.35 bits per heavy atom. The van der Waals surface area contributed by atoms with Crippen LogP contribution in [-0.4, -0.2) is 19.3 Å². The fourth-order valence-electron chi connectivity index (χ4n) is 2.35. The highest BCUT2D eigenvalue weighted by atomic mass is 19.2. The fraction of sp³-hybridized carbons (Fsp3) is 0.231. The zero-order valence-corrected chi connectivity index (χ0v) is 10.8. The van der Waals surface area contributed by atoms with Crippen LogP contribution in [0.1, 0.15) is 13.0 Å². The Balaban J connectivity index is 2.10. The first-order valence-electron chi connectivity index (χ1n) is 6.16. The molecule has 0 amide bonds. The molecule has 20 heavy (non-hydrogen) atoms. The quantitative estimate of drug-likeness (QED) is 0.799. The second kappa shape index (κ2) is 4.59. The number of halogens is 2. The van der Waals surface area contributed by atoms with Crippen molar-refractivity contribution in [2.24, 2.45) is 0 Å². The number of benzene rings is 1. The summed E-state index contributed by atoms with van der Waals surface area (Å²) in [6.45, 7) is 2.34. The lowest BCUT2D eigenvalue weighted by atomic mass is 10.2. The van der Waals surface area contributed by atoms with Crippen molar-refractivity contribution in [2.45, 2.75) is 19.5 Å². The predicted molar refractivity (Wildman–Crippen MR) is 71.0 cm³/mol. The molecule has 0 aliphatic carbocycles. The molecule has 0 fully saturated rings. The summed E-state index contributed by atoms with van der Waals surface area (Å²) in [7, 11) is 0. The van der Waals surface area contributed by atoms with Crippen molar-refractivity contribution in [3.8, 4) is 0 Å². The molecule has 0 aliphatic rings. The lowest BCUT2D eigenvalue weighted by Crippen LogP contribution is -2.16. The molecule has 2 heterocycles. The van der Waals surface area contributed by atoms with Crippen molar-refractivity contribution in [3.05, 3.63) is 42.2 Å². The van der Waals surface area contributed by atoms with E-state index in [-0.39, 0.29) is 17.5 Å². The molecule has 7 heteroatoms. The van der Waals surface area contributed by atoms with E-state index in [1.54, 1.807) is 23.1 Å². The van der Waals surface area contributed by atoms with Crippen LogP contribution in [0.25, 0.3) is 11.0 Å². The van der Waals surface area contributed by atoms with Crippen molar-refractivity contribution >= 4 is 17.0 Å². The van der Waals surface area contributed by atoms with Gasteiger partial charge in [0.2, 0.25) is 5.95 Å². The number of imidazole rings is 1. The Labute approximate surface area is 113 Å². The molecule has 0 saturated carbocycles. The van der Waals surface area contributed by atoms with Gasteiger partial charge in [-0.1, -0.05) is 0 Å². The van der Waals surface area contributed by atoms with Gasteiger partial charge in [0.15, 0.2) is 11.6 Å². The first-order valence-corrected chi connectivity index (χ1v) is 6.16. The first kappa shape index (κ1) is 12.6. The van der Waals surface area contributed by atoms with Crippen molar-refractivity contribution < 1.29 is 8.78 Å². The van der Waals surface area contributed by atoms with E-state index in [0.717, 1.165) is 6.07 Å². The minimum atomic E-state index is -0.931. The molecule has 104 valence electrons. The molecule has 3 aromatic rings. The van der Waals surface area contributed by atoms with Gasteiger partial charge >= 0.3 is 0 Å². The van der Waals surface area contributed by atoms with E-state index in [1.165, 1.54) is 10.6 Å². The Hall–Kier alpha value is -2.44. The molecule has 1 aromatic carbocycles. The third kappa shape index (κ3) is 1.91. The molecular formula is C13H13F2N5. The van der Waals surface area contributed by atoms with Crippen molar-refractivity contribution in [1.82, 2.24) is 19.3 Å². The number of fused-ring (bicyclic) bond motifs is 1. The third-order valence-electron chi connectivity index (χ3n) is 3.22. The molecule has 3 rings (SSSR count). The average Bonchev–Trinajstić information content (AvgIpc) is 3.01. The van der Waals surface area contributed by atoms with Gasteiger partial charge in [0, 0.05) is 12.4 Å². The Bertz CT molecular complexity index is 748. The maximum Gasteiger partial charge on any atom is 0.201 e. The maximum absolute atomic E-state index is 14.0. The van der Waals surface area contributed by atoms with E-state index in [4.69, 9.17) is 5.73 Å². The zero-order valence-electron chi connectivity index (χ0n) is 10.8. The van der Waals surface area contributed by atoms with Crippen LogP contribution in [0.15, 0.2) is 30.6 Å². The van der Waals surface area contributed by atoms with E-state index < -0.39 is 11.6 Å². The topological polar surface area (TPSA) is 61.7 Å². The van der Waals surface area contributed by atoms with Crippen LogP contribution < -0.4 is 5.73 Å². The number of rotatable bonds is 3.